The monoisotopic (exact) mass is 331 g/mol. The molecule has 4 heteroatoms. The van der Waals surface area contributed by atoms with Crippen LogP contribution in [0.5, 0.6) is 5.75 Å². The summed E-state index contributed by atoms with van der Waals surface area (Å²) in [6.45, 7) is 11.4. The molecule has 0 aromatic heterocycles. The third kappa shape index (κ3) is 5.91. The molecule has 0 fully saturated rings. The fraction of sp³-hybridized carbons (Fsp3) is 0.600. The quantitative estimate of drug-likeness (QED) is 0.864. The summed E-state index contributed by atoms with van der Waals surface area (Å²) in [7, 11) is 0. The zero-order chi connectivity index (χ0) is 14.6. The van der Waals surface area contributed by atoms with Gasteiger partial charge < -0.3 is 10.1 Å². The van der Waals surface area contributed by atoms with E-state index in [2.05, 4.69) is 55.9 Å². The summed E-state index contributed by atoms with van der Waals surface area (Å²) in [6.07, 6.45) is 0.0524. The first-order valence-electron chi connectivity index (χ1n) is 6.56. The van der Waals surface area contributed by atoms with Crippen LogP contribution in [0.2, 0.25) is 0 Å². The molecule has 0 saturated heterocycles. The van der Waals surface area contributed by atoms with Crippen LogP contribution in [0, 0.1) is 11.7 Å². The number of hydrogen-bond acceptors (Lipinski definition) is 2. The highest BCUT2D eigenvalue weighted by molar-refractivity contribution is 9.10. The van der Waals surface area contributed by atoms with Gasteiger partial charge in [0.05, 0.1) is 4.47 Å². The molecule has 1 aromatic rings. The van der Waals surface area contributed by atoms with Gasteiger partial charge in [0.2, 0.25) is 0 Å². The van der Waals surface area contributed by atoms with E-state index in [0.29, 0.717) is 16.1 Å². The van der Waals surface area contributed by atoms with E-state index in [1.165, 1.54) is 6.07 Å². The maximum atomic E-state index is 13.2. The lowest BCUT2D eigenvalue weighted by molar-refractivity contribution is 0.139. The predicted molar refractivity (Wildman–Crippen MR) is 81.1 cm³/mol. The second kappa shape index (κ2) is 6.71. The number of rotatable bonds is 5. The third-order valence-corrected chi connectivity index (χ3v) is 3.36. The molecule has 0 aliphatic heterocycles. The lowest BCUT2D eigenvalue weighted by atomic mass is 10.0. The van der Waals surface area contributed by atoms with Gasteiger partial charge >= 0.3 is 0 Å². The molecule has 1 rings (SSSR count). The lowest BCUT2D eigenvalue weighted by Gasteiger charge is -2.28. The van der Waals surface area contributed by atoms with Crippen molar-refractivity contribution in [2.75, 3.05) is 6.54 Å². The van der Waals surface area contributed by atoms with E-state index in [1.807, 2.05) is 0 Å². The van der Waals surface area contributed by atoms with Crippen LogP contribution in [0.4, 0.5) is 4.39 Å². The van der Waals surface area contributed by atoms with Gasteiger partial charge in [0.25, 0.3) is 0 Å². The van der Waals surface area contributed by atoms with Crippen molar-refractivity contribution in [1.82, 2.24) is 5.32 Å². The number of ether oxygens (including phenoxy) is 1. The predicted octanol–water partition coefficient (Wildman–Crippen LogP) is 4.38. The minimum Gasteiger partial charge on any atom is -0.489 e. The average molecular weight is 332 g/mol. The summed E-state index contributed by atoms with van der Waals surface area (Å²) in [5, 5.41) is 3.44. The number of hydrogen-bond donors (Lipinski definition) is 1. The van der Waals surface area contributed by atoms with E-state index >= 15 is 0 Å². The van der Waals surface area contributed by atoms with Crippen molar-refractivity contribution in [2.24, 2.45) is 5.92 Å². The highest BCUT2D eigenvalue weighted by Crippen LogP contribution is 2.23. The Morgan fingerprint density at radius 1 is 1.32 bits per heavy atom. The summed E-state index contributed by atoms with van der Waals surface area (Å²) in [5.74, 6) is 0.780. The molecule has 1 aromatic carbocycles. The Kier molecular flexibility index (Phi) is 5.81. The smallest absolute Gasteiger partial charge is 0.137 e. The Labute approximate surface area is 123 Å². The number of halogens is 2. The average Bonchev–Trinajstić information content (AvgIpc) is 2.27. The van der Waals surface area contributed by atoms with E-state index in [0.717, 1.165) is 6.54 Å². The molecule has 0 spiro atoms. The third-order valence-electron chi connectivity index (χ3n) is 2.76. The van der Waals surface area contributed by atoms with E-state index in [9.17, 15) is 4.39 Å². The molecule has 0 radical (unpaired) electrons. The molecule has 0 bridgehead atoms. The molecule has 0 heterocycles. The number of benzene rings is 1. The largest absolute Gasteiger partial charge is 0.489 e. The van der Waals surface area contributed by atoms with Crippen LogP contribution in [0.25, 0.3) is 0 Å². The number of nitrogens with one attached hydrogen (secondary N) is 1. The van der Waals surface area contributed by atoms with E-state index in [-0.39, 0.29) is 17.5 Å². The molecule has 0 amide bonds. The minimum absolute atomic E-state index is 0.0524. The van der Waals surface area contributed by atoms with Crippen molar-refractivity contribution in [3.63, 3.8) is 0 Å². The van der Waals surface area contributed by atoms with Gasteiger partial charge in [-0.15, -0.1) is 0 Å². The van der Waals surface area contributed by atoms with Crippen molar-refractivity contribution in [2.45, 2.75) is 46.3 Å². The fourth-order valence-corrected chi connectivity index (χ4v) is 1.90. The zero-order valence-electron chi connectivity index (χ0n) is 12.3. The molecule has 1 atom stereocenters. The van der Waals surface area contributed by atoms with Crippen LogP contribution in [0.3, 0.4) is 0 Å². The lowest BCUT2D eigenvalue weighted by Crippen LogP contribution is -2.44. The molecule has 2 nitrogen and oxygen atoms in total. The first kappa shape index (κ1) is 16.4. The second-order valence-electron chi connectivity index (χ2n) is 6.11. The summed E-state index contributed by atoms with van der Waals surface area (Å²) in [4.78, 5) is 0. The molecule has 19 heavy (non-hydrogen) atoms. The molecule has 108 valence electrons. The van der Waals surface area contributed by atoms with Crippen molar-refractivity contribution >= 4 is 15.9 Å². The van der Waals surface area contributed by atoms with E-state index < -0.39 is 0 Å². The van der Waals surface area contributed by atoms with Gasteiger partial charge in [-0.2, -0.15) is 0 Å². The first-order valence-corrected chi connectivity index (χ1v) is 7.35. The van der Waals surface area contributed by atoms with Crippen molar-refractivity contribution in [3.8, 4) is 5.75 Å². The van der Waals surface area contributed by atoms with Crippen LogP contribution in [0.1, 0.15) is 34.6 Å². The van der Waals surface area contributed by atoms with Crippen LogP contribution in [0.15, 0.2) is 22.7 Å². The van der Waals surface area contributed by atoms with Crippen molar-refractivity contribution in [1.29, 1.82) is 0 Å². The second-order valence-corrected chi connectivity index (χ2v) is 6.96. The fourth-order valence-electron chi connectivity index (χ4n) is 1.55. The van der Waals surface area contributed by atoms with Gasteiger partial charge in [-0.3, -0.25) is 0 Å². The van der Waals surface area contributed by atoms with Crippen molar-refractivity contribution < 1.29 is 9.13 Å². The minimum atomic E-state index is -0.277. The Balaban J connectivity index is 2.70. The maximum Gasteiger partial charge on any atom is 0.137 e. The summed E-state index contributed by atoms with van der Waals surface area (Å²) < 4.78 is 19.6. The Hall–Kier alpha value is -0.610. The molecule has 1 N–H and O–H groups in total. The maximum absolute atomic E-state index is 13.2. The van der Waals surface area contributed by atoms with Gasteiger partial charge in [0, 0.05) is 12.1 Å². The highest BCUT2D eigenvalue weighted by Gasteiger charge is 2.19. The van der Waals surface area contributed by atoms with Crippen LogP contribution >= 0.6 is 15.9 Å². The zero-order valence-corrected chi connectivity index (χ0v) is 13.8. The first-order chi connectivity index (χ1) is 8.69. The van der Waals surface area contributed by atoms with Crippen LogP contribution < -0.4 is 10.1 Å². The topological polar surface area (TPSA) is 21.3 Å². The van der Waals surface area contributed by atoms with Gasteiger partial charge in [-0.1, -0.05) is 13.8 Å². The van der Waals surface area contributed by atoms with Gasteiger partial charge in [-0.05, 0) is 60.8 Å². The summed E-state index contributed by atoms with van der Waals surface area (Å²) in [6, 6.07) is 4.74. The molecule has 0 aliphatic carbocycles. The molecule has 0 saturated carbocycles. The normalized spacial score (nSPS) is 13.7. The standard InChI is InChI=1S/C15H23BrFNO/c1-10(2)14(9-18-15(3,4)5)19-11-6-7-13(17)12(16)8-11/h6-8,10,14,18H,9H2,1-5H3. The van der Waals surface area contributed by atoms with E-state index in [4.69, 9.17) is 4.74 Å². The molecule has 1 unspecified atom stereocenters. The van der Waals surface area contributed by atoms with Gasteiger partial charge in [-0.25, -0.2) is 4.39 Å². The molecular formula is C15H23BrFNO. The Morgan fingerprint density at radius 2 is 1.95 bits per heavy atom. The highest BCUT2D eigenvalue weighted by atomic mass is 79.9. The molecule has 0 aliphatic rings. The SMILES string of the molecule is CC(C)C(CNC(C)(C)C)Oc1ccc(F)c(Br)c1. The Bertz CT molecular complexity index is 415. The van der Waals surface area contributed by atoms with E-state index in [1.54, 1.807) is 12.1 Å². The Morgan fingerprint density at radius 3 is 2.42 bits per heavy atom. The summed E-state index contributed by atoms with van der Waals surface area (Å²) in [5.41, 5.74) is 0.0554. The summed E-state index contributed by atoms with van der Waals surface area (Å²) >= 11 is 3.17. The molecular weight excluding hydrogens is 309 g/mol. The van der Waals surface area contributed by atoms with Crippen molar-refractivity contribution in [3.05, 3.63) is 28.5 Å². The van der Waals surface area contributed by atoms with Crippen LogP contribution in [-0.2, 0) is 0 Å². The van der Waals surface area contributed by atoms with Gasteiger partial charge in [0.15, 0.2) is 0 Å². The van der Waals surface area contributed by atoms with Crippen LogP contribution in [-0.4, -0.2) is 18.2 Å². The van der Waals surface area contributed by atoms with Gasteiger partial charge in [0.1, 0.15) is 17.7 Å².